The molecule has 86 valence electrons. The fraction of sp³-hybridized carbons (Fsp3) is 0.462. The van der Waals surface area contributed by atoms with Crippen LogP contribution in [0.4, 0.5) is 0 Å². The molecule has 1 aromatic rings. The summed E-state index contributed by atoms with van der Waals surface area (Å²) in [7, 11) is 3.83. The molecule has 0 aliphatic carbocycles. The van der Waals surface area contributed by atoms with Crippen LogP contribution in [0, 0.1) is 11.3 Å². The summed E-state index contributed by atoms with van der Waals surface area (Å²) < 4.78 is 5.53. The largest absolute Gasteiger partial charge is 0.494 e. The number of likely N-dealkylation sites (N-methyl/N-ethyl adjacent to an activating group) is 1. The predicted molar refractivity (Wildman–Crippen MR) is 64.4 cm³/mol. The summed E-state index contributed by atoms with van der Waals surface area (Å²) in [6.07, 6.45) is 0.694. The van der Waals surface area contributed by atoms with Crippen LogP contribution >= 0.6 is 0 Å². The van der Waals surface area contributed by atoms with Gasteiger partial charge in [-0.25, -0.2) is 0 Å². The second kappa shape index (κ2) is 6.14. The van der Waals surface area contributed by atoms with Gasteiger partial charge in [-0.3, -0.25) is 4.90 Å². The quantitative estimate of drug-likeness (QED) is 0.759. The van der Waals surface area contributed by atoms with Crippen LogP contribution in [-0.2, 0) is 6.42 Å². The lowest BCUT2D eigenvalue weighted by Crippen LogP contribution is -2.28. The minimum absolute atomic E-state index is 0.110. The minimum Gasteiger partial charge on any atom is -0.494 e. The molecule has 1 rings (SSSR count). The Bertz CT molecular complexity index is 368. The first kappa shape index (κ1) is 12.5. The van der Waals surface area contributed by atoms with Crippen molar-refractivity contribution in [2.75, 3.05) is 20.7 Å². The Morgan fingerprint density at radius 3 is 2.62 bits per heavy atom. The van der Waals surface area contributed by atoms with Gasteiger partial charge in [-0.1, -0.05) is 18.2 Å². The third-order valence-corrected chi connectivity index (χ3v) is 2.46. The van der Waals surface area contributed by atoms with Crippen LogP contribution in [-0.4, -0.2) is 31.6 Å². The van der Waals surface area contributed by atoms with Crippen molar-refractivity contribution in [1.82, 2.24) is 4.90 Å². The predicted octanol–water partition coefficient (Wildman–Crippen LogP) is 2.08. The molecule has 3 nitrogen and oxygen atoms in total. The zero-order valence-electron chi connectivity index (χ0n) is 10.1. The van der Waals surface area contributed by atoms with Crippen molar-refractivity contribution in [1.29, 1.82) is 5.26 Å². The molecule has 16 heavy (non-hydrogen) atoms. The zero-order valence-corrected chi connectivity index (χ0v) is 10.1. The summed E-state index contributed by atoms with van der Waals surface area (Å²) in [5.74, 6) is 0.882. The van der Waals surface area contributed by atoms with Crippen molar-refractivity contribution in [2.45, 2.75) is 19.4 Å². The Balaban J connectivity index is 2.83. The molecule has 0 saturated carbocycles. The monoisotopic (exact) mass is 218 g/mol. The summed E-state index contributed by atoms with van der Waals surface area (Å²) in [6, 6.07) is 10.1. The molecule has 0 spiro atoms. The Hall–Kier alpha value is -1.53. The second-order valence-electron chi connectivity index (χ2n) is 3.85. The Morgan fingerprint density at radius 2 is 2.06 bits per heavy atom. The molecule has 0 heterocycles. The Kier molecular flexibility index (Phi) is 4.81. The minimum atomic E-state index is -0.110. The van der Waals surface area contributed by atoms with Gasteiger partial charge in [-0.05, 0) is 32.6 Å². The van der Waals surface area contributed by atoms with E-state index in [2.05, 4.69) is 6.07 Å². The number of ether oxygens (including phenoxy) is 1. The molecule has 1 aromatic carbocycles. The second-order valence-corrected chi connectivity index (χ2v) is 3.85. The van der Waals surface area contributed by atoms with E-state index in [0.717, 1.165) is 11.3 Å². The van der Waals surface area contributed by atoms with Crippen molar-refractivity contribution < 1.29 is 4.74 Å². The van der Waals surface area contributed by atoms with Crippen molar-refractivity contribution in [3.8, 4) is 11.8 Å². The first-order valence-electron chi connectivity index (χ1n) is 5.45. The molecule has 0 fully saturated rings. The van der Waals surface area contributed by atoms with Crippen molar-refractivity contribution in [3.63, 3.8) is 0 Å². The van der Waals surface area contributed by atoms with Crippen molar-refractivity contribution >= 4 is 0 Å². The molecule has 0 aliphatic rings. The number of rotatable bonds is 5. The van der Waals surface area contributed by atoms with E-state index in [9.17, 15) is 0 Å². The first-order valence-corrected chi connectivity index (χ1v) is 5.45. The maximum Gasteiger partial charge on any atom is 0.122 e. The van der Waals surface area contributed by atoms with Crippen molar-refractivity contribution in [3.05, 3.63) is 29.8 Å². The molecule has 1 atom stereocenters. The normalized spacial score (nSPS) is 12.2. The molecular formula is C13H18N2O. The van der Waals surface area contributed by atoms with Gasteiger partial charge in [0.15, 0.2) is 0 Å². The molecule has 0 bridgehead atoms. The van der Waals surface area contributed by atoms with E-state index < -0.39 is 0 Å². The van der Waals surface area contributed by atoms with Gasteiger partial charge in [0.05, 0.1) is 12.7 Å². The molecule has 1 unspecified atom stereocenters. The van der Waals surface area contributed by atoms with Crippen LogP contribution in [0.1, 0.15) is 12.5 Å². The van der Waals surface area contributed by atoms with Gasteiger partial charge in [0, 0.05) is 6.42 Å². The smallest absolute Gasteiger partial charge is 0.122 e. The highest BCUT2D eigenvalue weighted by Crippen LogP contribution is 2.20. The van der Waals surface area contributed by atoms with E-state index in [4.69, 9.17) is 10.00 Å². The van der Waals surface area contributed by atoms with E-state index in [-0.39, 0.29) is 6.04 Å². The van der Waals surface area contributed by atoms with Crippen LogP contribution in [0.15, 0.2) is 24.3 Å². The van der Waals surface area contributed by atoms with E-state index >= 15 is 0 Å². The van der Waals surface area contributed by atoms with Gasteiger partial charge in [-0.15, -0.1) is 0 Å². The number of hydrogen-bond acceptors (Lipinski definition) is 3. The molecule has 0 radical (unpaired) electrons. The maximum absolute atomic E-state index is 9.05. The van der Waals surface area contributed by atoms with Gasteiger partial charge in [0.25, 0.3) is 0 Å². The highest BCUT2D eigenvalue weighted by atomic mass is 16.5. The van der Waals surface area contributed by atoms with E-state index in [1.807, 2.05) is 50.2 Å². The summed E-state index contributed by atoms with van der Waals surface area (Å²) in [4.78, 5) is 1.92. The van der Waals surface area contributed by atoms with Crippen LogP contribution in [0.5, 0.6) is 5.75 Å². The van der Waals surface area contributed by atoms with Crippen molar-refractivity contribution in [2.24, 2.45) is 0 Å². The first-order chi connectivity index (χ1) is 7.69. The van der Waals surface area contributed by atoms with Gasteiger partial charge in [0.1, 0.15) is 11.8 Å². The number of benzene rings is 1. The van der Waals surface area contributed by atoms with E-state index in [1.165, 1.54) is 0 Å². The summed E-state index contributed by atoms with van der Waals surface area (Å²) >= 11 is 0. The summed E-state index contributed by atoms with van der Waals surface area (Å²) in [5.41, 5.74) is 1.09. The van der Waals surface area contributed by atoms with Crippen LogP contribution < -0.4 is 4.74 Å². The van der Waals surface area contributed by atoms with E-state index in [1.54, 1.807) is 0 Å². The lowest BCUT2D eigenvalue weighted by atomic mass is 10.1. The molecule has 0 aromatic heterocycles. The fourth-order valence-electron chi connectivity index (χ4n) is 1.52. The molecular weight excluding hydrogens is 200 g/mol. The highest BCUT2D eigenvalue weighted by Gasteiger charge is 2.13. The number of hydrogen-bond donors (Lipinski definition) is 0. The number of para-hydroxylation sites is 1. The molecule has 0 amide bonds. The Morgan fingerprint density at radius 1 is 1.38 bits per heavy atom. The molecule has 0 aliphatic heterocycles. The average molecular weight is 218 g/mol. The Labute approximate surface area is 97.3 Å². The molecule has 0 N–H and O–H groups in total. The third kappa shape index (κ3) is 3.25. The van der Waals surface area contributed by atoms with Gasteiger partial charge >= 0.3 is 0 Å². The fourth-order valence-corrected chi connectivity index (χ4v) is 1.52. The lowest BCUT2D eigenvalue weighted by molar-refractivity contribution is 0.323. The number of nitrogens with zero attached hydrogens (tertiary/aromatic N) is 2. The topological polar surface area (TPSA) is 36.3 Å². The highest BCUT2D eigenvalue weighted by molar-refractivity contribution is 5.34. The van der Waals surface area contributed by atoms with Gasteiger partial charge in [-0.2, -0.15) is 5.26 Å². The lowest BCUT2D eigenvalue weighted by Gasteiger charge is -2.18. The average Bonchev–Trinajstić information content (AvgIpc) is 2.27. The standard InChI is InChI=1S/C13H18N2O/c1-4-16-13-8-6-5-7-11(13)9-12(10-14)15(2)3/h5-8,12H,4,9H2,1-3H3. The third-order valence-electron chi connectivity index (χ3n) is 2.46. The SMILES string of the molecule is CCOc1ccccc1CC(C#N)N(C)C. The summed E-state index contributed by atoms with van der Waals surface area (Å²) in [6.45, 7) is 2.61. The summed E-state index contributed by atoms with van der Waals surface area (Å²) in [5, 5.41) is 9.05. The van der Waals surface area contributed by atoms with Crippen LogP contribution in [0.3, 0.4) is 0 Å². The van der Waals surface area contributed by atoms with Crippen LogP contribution in [0.2, 0.25) is 0 Å². The maximum atomic E-state index is 9.05. The van der Waals surface area contributed by atoms with E-state index in [0.29, 0.717) is 13.0 Å². The molecule has 0 saturated heterocycles. The molecule has 3 heteroatoms. The van der Waals surface area contributed by atoms with Crippen LogP contribution in [0.25, 0.3) is 0 Å². The number of nitriles is 1. The van der Waals surface area contributed by atoms with Gasteiger partial charge < -0.3 is 4.74 Å². The zero-order chi connectivity index (χ0) is 12.0. The van der Waals surface area contributed by atoms with Gasteiger partial charge in [0.2, 0.25) is 0 Å².